The summed E-state index contributed by atoms with van der Waals surface area (Å²) in [7, 11) is -3.28. The minimum absolute atomic E-state index is 0.0349. The zero-order chi connectivity index (χ0) is 19.0. The number of para-hydroxylation sites is 1. The number of aromatic nitrogens is 1. The Morgan fingerprint density at radius 1 is 1.19 bits per heavy atom. The highest BCUT2D eigenvalue weighted by atomic mass is 32.2. The molecule has 4 rings (SSSR count). The van der Waals surface area contributed by atoms with E-state index >= 15 is 0 Å². The molecule has 1 aliphatic rings. The zero-order valence-corrected chi connectivity index (χ0v) is 15.6. The molecule has 27 heavy (non-hydrogen) atoms. The van der Waals surface area contributed by atoms with Crippen molar-refractivity contribution in [3.8, 4) is 0 Å². The fraction of sp³-hybridized carbons (Fsp3) is 0.190. The summed E-state index contributed by atoms with van der Waals surface area (Å²) >= 11 is 0. The second-order valence-electron chi connectivity index (χ2n) is 6.67. The molecule has 5 nitrogen and oxygen atoms in total. The van der Waals surface area contributed by atoms with Gasteiger partial charge in [0, 0.05) is 23.6 Å². The topological polar surface area (TPSA) is 68.2 Å². The third-order valence-corrected chi connectivity index (χ3v) is 6.78. The molecule has 1 aliphatic heterocycles. The standard InChI is InChI=1S/C21H20N2O3S/c1-2-12-23-14-17(15-7-3-5-9-19(15)23)21(24)22-18-11-13-27(25,26)20-10-6-4-8-16(18)20/h2-10,14,18H,1,11-13H2,(H,22,24). The van der Waals surface area contributed by atoms with Crippen LogP contribution in [0.1, 0.15) is 28.4 Å². The van der Waals surface area contributed by atoms with E-state index in [-0.39, 0.29) is 17.7 Å². The van der Waals surface area contributed by atoms with Gasteiger partial charge in [-0.05, 0) is 24.1 Å². The molecule has 0 bridgehead atoms. The summed E-state index contributed by atoms with van der Waals surface area (Å²) in [4.78, 5) is 13.3. The number of rotatable bonds is 4. The molecular weight excluding hydrogens is 360 g/mol. The average molecular weight is 380 g/mol. The van der Waals surface area contributed by atoms with Gasteiger partial charge in [0.2, 0.25) is 0 Å². The number of sulfone groups is 1. The van der Waals surface area contributed by atoms with Crippen LogP contribution in [0.2, 0.25) is 0 Å². The normalized spacial score (nSPS) is 18.0. The highest BCUT2D eigenvalue weighted by Crippen LogP contribution is 2.32. The number of allylic oxidation sites excluding steroid dienone is 1. The summed E-state index contributed by atoms with van der Waals surface area (Å²) in [5, 5.41) is 3.90. The summed E-state index contributed by atoms with van der Waals surface area (Å²) in [5.74, 6) is -0.166. The van der Waals surface area contributed by atoms with Crippen LogP contribution < -0.4 is 5.32 Å². The van der Waals surface area contributed by atoms with E-state index in [1.807, 2.05) is 35.0 Å². The lowest BCUT2D eigenvalue weighted by Gasteiger charge is -2.26. The highest BCUT2D eigenvalue weighted by Gasteiger charge is 2.31. The van der Waals surface area contributed by atoms with Crippen molar-refractivity contribution in [1.29, 1.82) is 0 Å². The van der Waals surface area contributed by atoms with Gasteiger partial charge in [-0.25, -0.2) is 8.42 Å². The smallest absolute Gasteiger partial charge is 0.253 e. The Morgan fingerprint density at radius 2 is 1.93 bits per heavy atom. The summed E-state index contributed by atoms with van der Waals surface area (Å²) < 4.78 is 26.6. The Morgan fingerprint density at radius 3 is 2.74 bits per heavy atom. The van der Waals surface area contributed by atoms with Crippen molar-refractivity contribution in [2.75, 3.05) is 5.75 Å². The molecule has 1 unspecified atom stereocenters. The summed E-state index contributed by atoms with van der Waals surface area (Å²) in [6.07, 6.45) is 3.99. The average Bonchev–Trinajstić information content (AvgIpc) is 3.04. The maximum atomic E-state index is 13.0. The molecule has 0 saturated heterocycles. The molecule has 138 valence electrons. The van der Waals surface area contributed by atoms with Crippen molar-refractivity contribution in [1.82, 2.24) is 9.88 Å². The number of carbonyl (C=O) groups excluding carboxylic acids is 1. The van der Waals surface area contributed by atoms with E-state index in [1.165, 1.54) is 0 Å². The van der Waals surface area contributed by atoms with Crippen molar-refractivity contribution < 1.29 is 13.2 Å². The van der Waals surface area contributed by atoms with Gasteiger partial charge in [0.1, 0.15) is 0 Å². The molecule has 0 saturated carbocycles. The van der Waals surface area contributed by atoms with Crippen LogP contribution in [0.5, 0.6) is 0 Å². The van der Waals surface area contributed by atoms with Crippen molar-refractivity contribution in [2.24, 2.45) is 0 Å². The molecular formula is C21H20N2O3S. The lowest BCUT2D eigenvalue weighted by atomic mass is 10.0. The molecule has 1 amide bonds. The predicted molar refractivity (Wildman–Crippen MR) is 105 cm³/mol. The Balaban J connectivity index is 1.70. The second-order valence-corrected chi connectivity index (χ2v) is 8.75. The number of nitrogens with one attached hydrogen (secondary N) is 1. The predicted octanol–water partition coefficient (Wildman–Crippen LogP) is 3.48. The van der Waals surface area contributed by atoms with Gasteiger partial charge in [0.15, 0.2) is 9.84 Å². The van der Waals surface area contributed by atoms with Crippen LogP contribution >= 0.6 is 0 Å². The van der Waals surface area contributed by atoms with E-state index in [9.17, 15) is 13.2 Å². The molecule has 6 heteroatoms. The minimum atomic E-state index is -3.28. The first-order valence-corrected chi connectivity index (χ1v) is 10.5. The molecule has 0 radical (unpaired) electrons. The van der Waals surface area contributed by atoms with E-state index in [2.05, 4.69) is 11.9 Å². The third-order valence-electron chi connectivity index (χ3n) is 4.97. The Bertz CT molecular complexity index is 1150. The molecule has 2 heterocycles. The van der Waals surface area contributed by atoms with Gasteiger partial charge in [-0.2, -0.15) is 0 Å². The van der Waals surface area contributed by atoms with Crippen LogP contribution in [0.25, 0.3) is 10.9 Å². The van der Waals surface area contributed by atoms with Crippen molar-refractivity contribution in [3.05, 3.63) is 78.5 Å². The second kappa shape index (κ2) is 6.70. The van der Waals surface area contributed by atoms with Gasteiger partial charge in [-0.3, -0.25) is 4.79 Å². The van der Waals surface area contributed by atoms with Crippen LogP contribution in [0.15, 0.2) is 72.3 Å². The van der Waals surface area contributed by atoms with Crippen LogP contribution in [0, 0.1) is 0 Å². The Kier molecular flexibility index (Phi) is 4.36. The molecule has 0 fully saturated rings. The van der Waals surface area contributed by atoms with Gasteiger partial charge in [0.25, 0.3) is 5.91 Å². The fourth-order valence-electron chi connectivity index (χ4n) is 3.69. The third kappa shape index (κ3) is 3.06. The largest absolute Gasteiger partial charge is 0.345 e. The molecule has 1 aromatic heterocycles. The van der Waals surface area contributed by atoms with Gasteiger partial charge in [-0.15, -0.1) is 6.58 Å². The van der Waals surface area contributed by atoms with Crippen LogP contribution in [0.3, 0.4) is 0 Å². The SMILES string of the molecule is C=CCn1cc(C(=O)NC2CCS(=O)(=O)c3ccccc32)c2ccccc21. The number of amides is 1. The minimum Gasteiger partial charge on any atom is -0.345 e. The lowest BCUT2D eigenvalue weighted by molar-refractivity contribution is 0.0936. The first-order valence-electron chi connectivity index (χ1n) is 8.82. The molecule has 3 aromatic rings. The van der Waals surface area contributed by atoms with Crippen molar-refractivity contribution in [2.45, 2.75) is 23.9 Å². The lowest BCUT2D eigenvalue weighted by Crippen LogP contribution is -2.33. The first-order chi connectivity index (χ1) is 13.0. The number of hydrogen-bond acceptors (Lipinski definition) is 3. The maximum absolute atomic E-state index is 13.0. The molecule has 2 aromatic carbocycles. The highest BCUT2D eigenvalue weighted by molar-refractivity contribution is 7.91. The first kappa shape index (κ1) is 17.5. The van der Waals surface area contributed by atoms with E-state index in [0.29, 0.717) is 29.0 Å². The summed E-state index contributed by atoms with van der Waals surface area (Å²) in [6.45, 7) is 4.38. The molecule has 1 N–H and O–H groups in total. The van der Waals surface area contributed by atoms with Gasteiger partial charge >= 0.3 is 0 Å². The monoisotopic (exact) mass is 380 g/mol. The van der Waals surface area contributed by atoms with E-state index in [4.69, 9.17) is 0 Å². The van der Waals surface area contributed by atoms with E-state index < -0.39 is 9.84 Å². The van der Waals surface area contributed by atoms with E-state index in [1.54, 1.807) is 30.3 Å². The Labute approximate surface area is 158 Å². The van der Waals surface area contributed by atoms with Gasteiger partial charge in [0.05, 0.1) is 22.3 Å². The maximum Gasteiger partial charge on any atom is 0.253 e. The summed E-state index contributed by atoms with van der Waals surface area (Å²) in [5.41, 5.74) is 2.21. The van der Waals surface area contributed by atoms with Gasteiger partial charge < -0.3 is 9.88 Å². The number of carbonyl (C=O) groups is 1. The van der Waals surface area contributed by atoms with Crippen LogP contribution in [-0.2, 0) is 16.4 Å². The zero-order valence-electron chi connectivity index (χ0n) is 14.8. The van der Waals surface area contributed by atoms with Crippen LogP contribution in [-0.4, -0.2) is 24.6 Å². The van der Waals surface area contributed by atoms with Crippen LogP contribution in [0.4, 0.5) is 0 Å². The Hall–Kier alpha value is -2.86. The molecule has 0 spiro atoms. The van der Waals surface area contributed by atoms with E-state index in [0.717, 1.165) is 10.9 Å². The van der Waals surface area contributed by atoms with Gasteiger partial charge in [-0.1, -0.05) is 42.5 Å². The summed E-state index contributed by atoms with van der Waals surface area (Å²) in [6, 6.07) is 14.3. The number of fused-ring (bicyclic) bond motifs is 2. The van der Waals surface area contributed by atoms with Crippen molar-refractivity contribution in [3.63, 3.8) is 0 Å². The molecule has 0 aliphatic carbocycles. The number of hydrogen-bond donors (Lipinski definition) is 1. The number of nitrogens with zero attached hydrogens (tertiary/aromatic N) is 1. The molecule has 1 atom stereocenters. The fourth-order valence-corrected chi connectivity index (χ4v) is 5.32. The number of benzene rings is 2. The van der Waals surface area contributed by atoms with Crippen molar-refractivity contribution >= 4 is 26.6 Å². The quantitative estimate of drug-likeness (QED) is 0.705.